The molecule has 1 aromatic rings. The molecule has 0 radical (unpaired) electrons. The average Bonchev–Trinajstić information content (AvgIpc) is 2.73. The molecule has 17 heavy (non-hydrogen) atoms. The number of imidazole rings is 1. The van der Waals surface area contributed by atoms with Crippen molar-refractivity contribution in [3.63, 3.8) is 0 Å². The van der Waals surface area contributed by atoms with E-state index in [0.717, 1.165) is 11.8 Å². The van der Waals surface area contributed by atoms with Gasteiger partial charge >= 0.3 is 0 Å². The van der Waals surface area contributed by atoms with Crippen molar-refractivity contribution < 1.29 is 0 Å². The third kappa shape index (κ3) is 6.87. The molecule has 0 saturated carbocycles. The van der Waals surface area contributed by atoms with E-state index in [1.54, 1.807) is 0 Å². The fraction of sp³-hybridized carbons (Fsp3) is 0.786. The molecule has 3 heteroatoms. The van der Waals surface area contributed by atoms with Crippen molar-refractivity contribution in [3.8, 4) is 0 Å². The molecular formula is C14H25BrN2. The highest BCUT2D eigenvalue weighted by molar-refractivity contribution is 9.09. The first-order valence-corrected chi connectivity index (χ1v) is 7.99. The lowest BCUT2D eigenvalue weighted by molar-refractivity contribution is 0.570. The van der Waals surface area contributed by atoms with Gasteiger partial charge in [-0.25, -0.2) is 4.98 Å². The predicted octanol–water partition coefficient (Wildman–Crippen LogP) is 4.48. The summed E-state index contributed by atoms with van der Waals surface area (Å²) in [6.45, 7) is 0. The number of rotatable bonds is 10. The van der Waals surface area contributed by atoms with Crippen LogP contribution in [0, 0.1) is 0 Å². The van der Waals surface area contributed by atoms with Crippen LogP contribution in [0.5, 0.6) is 0 Å². The molecule has 0 aliphatic rings. The van der Waals surface area contributed by atoms with Crippen LogP contribution in [0.3, 0.4) is 0 Å². The van der Waals surface area contributed by atoms with Crippen molar-refractivity contribution in [1.29, 1.82) is 0 Å². The fourth-order valence-electron chi connectivity index (χ4n) is 2.08. The molecule has 0 N–H and O–H groups in total. The van der Waals surface area contributed by atoms with Gasteiger partial charge in [0.2, 0.25) is 0 Å². The largest absolute Gasteiger partial charge is 0.338 e. The summed E-state index contributed by atoms with van der Waals surface area (Å²) in [6.07, 6.45) is 16.0. The molecule has 1 rings (SSSR count). The van der Waals surface area contributed by atoms with E-state index in [0.29, 0.717) is 0 Å². The molecule has 2 nitrogen and oxygen atoms in total. The standard InChI is InChI=1S/C14H25BrN2/c1-17-13-12-16-14(17)10-8-6-4-2-3-5-7-9-11-15/h12-13H,2-11H2,1H3. The SMILES string of the molecule is Cn1ccnc1CCCCCCCCCCBr. The van der Waals surface area contributed by atoms with Gasteiger partial charge in [-0.3, -0.25) is 0 Å². The quantitative estimate of drug-likeness (QED) is 0.460. The minimum atomic E-state index is 1.13. The van der Waals surface area contributed by atoms with Gasteiger partial charge in [-0.15, -0.1) is 0 Å². The second-order valence-corrected chi connectivity index (χ2v) is 5.51. The molecule has 0 bridgehead atoms. The van der Waals surface area contributed by atoms with Crippen LogP contribution in [0.15, 0.2) is 12.4 Å². The third-order valence-corrected chi connectivity index (χ3v) is 3.77. The summed E-state index contributed by atoms with van der Waals surface area (Å²) in [5, 5.41) is 1.16. The van der Waals surface area contributed by atoms with Crippen LogP contribution in [-0.4, -0.2) is 14.9 Å². The zero-order valence-corrected chi connectivity index (χ0v) is 12.6. The summed E-state index contributed by atoms with van der Waals surface area (Å²) in [5.74, 6) is 1.22. The van der Waals surface area contributed by atoms with Crippen molar-refractivity contribution in [2.75, 3.05) is 5.33 Å². The lowest BCUT2D eigenvalue weighted by atomic mass is 10.1. The summed E-state index contributed by atoms with van der Waals surface area (Å²) < 4.78 is 2.13. The maximum Gasteiger partial charge on any atom is 0.108 e. The topological polar surface area (TPSA) is 17.8 Å². The van der Waals surface area contributed by atoms with Gasteiger partial charge < -0.3 is 4.57 Å². The number of alkyl halides is 1. The first-order chi connectivity index (χ1) is 8.34. The Balaban J connectivity index is 1.86. The van der Waals surface area contributed by atoms with Crippen LogP contribution >= 0.6 is 15.9 Å². The van der Waals surface area contributed by atoms with Crippen molar-refractivity contribution in [2.45, 2.75) is 57.8 Å². The summed E-state index contributed by atoms with van der Waals surface area (Å²) in [4.78, 5) is 4.34. The maximum absolute atomic E-state index is 4.34. The van der Waals surface area contributed by atoms with E-state index in [1.165, 1.54) is 57.2 Å². The first kappa shape index (κ1) is 14.7. The Labute approximate surface area is 114 Å². The Morgan fingerprint density at radius 1 is 1.00 bits per heavy atom. The third-order valence-electron chi connectivity index (χ3n) is 3.20. The Morgan fingerprint density at radius 3 is 2.12 bits per heavy atom. The van der Waals surface area contributed by atoms with Crippen molar-refractivity contribution in [2.24, 2.45) is 7.05 Å². The first-order valence-electron chi connectivity index (χ1n) is 6.86. The van der Waals surface area contributed by atoms with Gasteiger partial charge in [-0.1, -0.05) is 54.5 Å². The fourth-order valence-corrected chi connectivity index (χ4v) is 2.47. The minimum absolute atomic E-state index is 1.13. The Kier molecular flexibility index (Phi) is 8.41. The molecule has 0 unspecified atom stereocenters. The summed E-state index contributed by atoms with van der Waals surface area (Å²) >= 11 is 3.47. The lowest BCUT2D eigenvalue weighted by Gasteiger charge is -2.02. The molecule has 0 aromatic carbocycles. The Hall–Kier alpha value is -0.310. The van der Waals surface area contributed by atoms with Gasteiger partial charge in [0.25, 0.3) is 0 Å². The zero-order chi connectivity index (χ0) is 12.3. The monoisotopic (exact) mass is 300 g/mol. The number of hydrogen-bond donors (Lipinski definition) is 0. The summed E-state index contributed by atoms with van der Waals surface area (Å²) in [5.41, 5.74) is 0. The average molecular weight is 301 g/mol. The smallest absolute Gasteiger partial charge is 0.108 e. The minimum Gasteiger partial charge on any atom is -0.338 e. The van der Waals surface area contributed by atoms with Crippen LogP contribution in [0.4, 0.5) is 0 Å². The summed E-state index contributed by atoms with van der Waals surface area (Å²) in [6, 6.07) is 0. The number of aromatic nitrogens is 2. The Bertz CT molecular complexity index is 284. The normalized spacial score (nSPS) is 10.9. The number of halogens is 1. The van der Waals surface area contributed by atoms with Crippen LogP contribution < -0.4 is 0 Å². The van der Waals surface area contributed by atoms with Gasteiger partial charge in [0.15, 0.2) is 0 Å². The van der Waals surface area contributed by atoms with E-state index >= 15 is 0 Å². The van der Waals surface area contributed by atoms with Crippen molar-refractivity contribution in [3.05, 3.63) is 18.2 Å². The number of hydrogen-bond acceptors (Lipinski definition) is 1. The number of aryl methyl sites for hydroxylation is 2. The molecule has 0 amide bonds. The van der Waals surface area contributed by atoms with E-state index in [-0.39, 0.29) is 0 Å². The molecule has 0 spiro atoms. The molecule has 1 aromatic heterocycles. The Morgan fingerprint density at radius 2 is 1.59 bits per heavy atom. The molecule has 0 aliphatic heterocycles. The van der Waals surface area contributed by atoms with Gasteiger partial charge in [-0.05, 0) is 12.8 Å². The molecule has 0 aliphatic carbocycles. The number of nitrogens with zero attached hydrogens (tertiary/aromatic N) is 2. The highest BCUT2D eigenvalue weighted by atomic mass is 79.9. The van der Waals surface area contributed by atoms with Crippen LogP contribution in [0.2, 0.25) is 0 Å². The van der Waals surface area contributed by atoms with Crippen molar-refractivity contribution in [1.82, 2.24) is 9.55 Å². The van der Waals surface area contributed by atoms with Gasteiger partial charge in [0.1, 0.15) is 5.82 Å². The van der Waals surface area contributed by atoms with Crippen LogP contribution in [0.25, 0.3) is 0 Å². The van der Waals surface area contributed by atoms with Gasteiger partial charge in [-0.2, -0.15) is 0 Å². The molecular weight excluding hydrogens is 276 g/mol. The van der Waals surface area contributed by atoms with E-state index in [1.807, 2.05) is 12.4 Å². The molecule has 98 valence electrons. The van der Waals surface area contributed by atoms with Crippen molar-refractivity contribution >= 4 is 15.9 Å². The highest BCUT2D eigenvalue weighted by Gasteiger charge is 1.98. The van der Waals surface area contributed by atoms with Gasteiger partial charge in [0, 0.05) is 31.2 Å². The lowest BCUT2D eigenvalue weighted by Crippen LogP contribution is -1.97. The second kappa shape index (κ2) is 9.69. The van der Waals surface area contributed by atoms with E-state index in [9.17, 15) is 0 Å². The number of unbranched alkanes of at least 4 members (excludes halogenated alkanes) is 7. The maximum atomic E-state index is 4.34. The predicted molar refractivity (Wildman–Crippen MR) is 77.6 cm³/mol. The van der Waals surface area contributed by atoms with Crippen LogP contribution in [0.1, 0.15) is 57.2 Å². The highest BCUT2D eigenvalue weighted by Crippen LogP contribution is 2.10. The molecule has 0 atom stereocenters. The van der Waals surface area contributed by atoms with E-state index < -0.39 is 0 Å². The van der Waals surface area contributed by atoms with E-state index in [2.05, 4.69) is 32.5 Å². The molecule has 0 fully saturated rings. The molecule has 0 saturated heterocycles. The van der Waals surface area contributed by atoms with Crippen LogP contribution in [-0.2, 0) is 13.5 Å². The molecule has 1 heterocycles. The van der Waals surface area contributed by atoms with E-state index in [4.69, 9.17) is 0 Å². The summed E-state index contributed by atoms with van der Waals surface area (Å²) in [7, 11) is 2.08. The van der Waals surface area contributed by atoms with Gasteiger partial charge in [0.05, 0.1) is 0 Å². The zero-order valence-electron chi connectivity index (χ0n) is 11.0. The second-order valence-electron chi connectivity index (χ2n) is 4.72.